The van der Waals surface area contributed by atoms with E-state index in [1.807, 2.05) is 0 Å². The van der Waals surface area contributed by atoms with Crippen molar-refractivity contribution in [2.45, 2.75) is 43.1 Å². The lowest BCUT2D eigenvalue weighted by molar-refractivity contribution is 0.0215. The summed E-state index contributed by atoms with van der Waals surface area (Å²) >= 11 is 0. The summed E-state index contributed by atoms with van der Waals surface area (Å²) in [5.41, 5.74) is -1.09. The minimum absolute atomic E-state index is 0.0240. The number of carboxylic acids is 1. The van der Waals surface area contributed by atoms with Crippen molar-refractivity contribution in [3.05, 3.63) is 58.9 Å². The number of likely N-dealkylation sites (tertiary alicyclic amines) is 1. The number of carbonyl (C=O) groups is 2. The summed E-state index contributed by atoms with van der Waals surface area (Å²) in [6.07, 6.45) is 3.45. The Morgan fingerprint density at radius 1 is 1.27 bits per heavy atom. The molecule has 1 amide bonds. The molecule has 3 atom stereocenters. The molecule has 0 unspecified atom stereocenters. The van der Waals surface area contributed by atoms with E-state index in [0.717, 1.165) is 44.7 Å². The standard InChI is InChI=1S/C29H33FN2O8S/c1-29(2,36)19-10-12-31(15-19)11-4-5-17-13-20(30)6-9-24(17)41(37,38)32(28(35)39-3)23-8-7-21-22-14-18(22)16-40-26(21)25(23)27(33)34/h4-9,13,18-19,22,36H,10-12,14-16H2,1-3H3,(H,33,34)/b5-4-/t18-,19+,22-/m0/s1. The van der Waals surface area contributed by atoms with Crippen molar-refractivity contribution in [3.63, 3.8) is 0 Å². The van der Waals surface area contributed by atoms with E-state index >= 15 is 0 Å². The van der Waals surface area contributed by atoms with Gasteiger partial charge in [-0.25, -0.2) is 22.4 Å². The first-order chi connectivity index (χ1) is 19.3. The van der Waals surface area contributed by atoms with E-state index in [2.05, 4.69) is 4.90 Å². The third-order valence-corrected chi connectivity index (χ3v) is 9.88. The topological polar surface area (TPSA) is 134 Å². The highest BCUT2D eigenvalue weighted by Gasteiger charge is 2.47. The van der Waals surface area contributed by atoms with Gasteiger partial charge < -0.3 is 19.7 Å². The maximum absolute atomic E-state index is 14.3. The number of fused-ring (bicyclic) bond motifs is 3. The number of sulfonamides is 1. The molecule has 2 heterocycles. The largest absolute Gasteiger partial charge is 0.492 e. The highest BCUT2D eigenvalue weighted by molar-refractivity contribution is 7.93. The number of ether oxygens (including phenoxy) is 2. The van der Waals surface area contributed by atoms with Gasteiger partial charge >= 0.3 is 12.1 Å². The molecule has 5 rings (SSSR count). The molecule has 2 aromatic rings. The number of hydrogen-bond acceptors (Lipinski definition) is 8. The molecule has 3 aliphatic rings. The van der Waals surface area contributed by atoms with E-state index in [1.165, 1.54) is 12.1 Å². The molecule has 1 aliphatic carbocycles. The lowest BCUT2D eigenvalue weighted by atomic mass is 9.90. The molecule has 0 spiro atoms. The maximum atomic E-state index is 14.3. The number of aromatic carboxylic acids is 1. The number of anilines is 1. The van der Waals surface area contributed by atoms with E-state index in [0.29, 0.717) is 25.3 Å². The monoisotopic (exact) mass is 588 g/mol. The van der Waals surface area contributed by atoms with Gasteiger partial charge in [0, 0.05) is 24.9 Å². The maximum Gasteiger partial charge on any atom is 0.428 e. The Hall–Kier alpha value is -3.48. The number of aliphatic hydroxyl groups is 1. The second-order valence-electron chi connectivity index (χ2n) is 11.3. The fourth-order valence-electron chi connectivity index (χ4n) is 5.71. The van der Waals surface area contributed by atoms with Gasteiger partial charge in [0.05, 0.1) is 29.9 Å². The Labute approximate surface area is 238 Å². The minimum atomic E-state index is -4.80. The second kappa shape index (κ2) is 10.7. The van der Waals surface area contributed by atoms with Crippen molar-refractivity contribution in [2.75, 3.05) is 37.7 Å². The molecule has 41 heavy (non-hydrogen) atoms. The van der Waals surface area contributed by atoms with Gasteiger partial charge in [-0.05, 0) is 74.5 Å². The van der Waals surface area contributed by atoms with Crippen LogP contribution < -0.4 is 9.04 Å². The van der Waals surface area contributed by atoms with Crippen LogP contribution in [-0.4, -0.2) is 74.5 Å². The van der Waals surface area contributed by atoms with Crippen molar-refractivity contribution in [1.29, 1.82) is 0 Å². The van der Waals surface area contributed by atoms with E-state index in [1.54, 1.807) is 26.0 Å². The smallest absolute Gasteiger partial charge is 0.428 e. The van der Waals surface area contributed by atoms with Crippen LogP contribution in [0.15, 0.2) is 41.3 Å². The number of carboxylic acid groups (broad SMARTS) is 1. The first kappa shape index (κ1) is 29.0. The highest BCUT2D eigenvalue weighted by Crippen LogP contribution is 2.55. The zero-order valence-electron chi connectivity index (χ0n) is 23.0. The van der Waals surface area contributed by atoms with Crippen LogP contribution in [-0.2, 0) is 14.8 Å². The number of amides is 1. The Kier molecular flexibility index (Phi) is 7.60. The lowest BCUT2D eigenvalue weighted by Gasteiger charge is -2.26. The third kappa shape index (κ3) is 5.55. The molecule has 1 saturated heterocycles. The van der Waals surface area contributed by atoms with Crippen LogP contribution in [0, 0.1) is 17.7 Å². The predicted octanol–water partition coefficient (Wildman–Crippen LogP) is 4.09. The molecule has 12 heteroatoms. The molecular weight excluding hydrogens is 555 g/mol. The average Bonchev–Trinajstić information content (AvgIpc) is 3.54. The van der Waals surface area contributed by atoms with Gasteiger partial charge in [-0.3, -0.25) is 4.90 Å². The molecule has 0 aromatic heterocycles. The van der Waals surface area contributed by atoms with Crippen molar-refractivity contribution in [1.82, 2.24) is 4.90 Å². The van der Waals surface area contributed by atoms with Gasteiger partial charge in [0.15, 0.2) is 0 Å². The van der Waals surface area contributed by atoms with Gasteiger partial charge in [0.1, 0.15) is 17.1 Å². The van der Waals surface area contributed by atoms with Gasteiger partial charge in [-0.15, -0.1) is 0 Å². The molecule has 2 N–H and O–H groups in total. The van der Waals surface area contributed by atoms with E-state index in [9.17, 15) is 32.6 Å². The zero-order valence-corrected chi connectivity index (χ0v) is 23.9. The Morgan fingerprint density at radius 2 is 2.02 bits per heavy atom. The molecule has 0 bridgehead atoms. The Bertz CT molecular complexity index is 1520. The van der Waals surface area contributed by atoms with E-state index in [4.69, 9.17) is 9.47 Å². The summed E-state index contributed by atoms with van der Waals surface area (Å²) in [6, 6.07) is 5.87. The summed E-state index contributed by atoms with van der Waals surface area (Å²) in [5, 5.41) is 20.4. The summed E-state index contributed by atoms with van der Waals surface area (Å²) in [4.78, 5) is 27.1. The van der Waals surface area contributed by atoms with Gasteiger partial charge in [0.2, 0.25) is 0 Å². The van der Waals surface area contributed by atoms with Crippen LogP contribution in [0.2, 0.25) is 0 Å². The predicted molar refractivity (Wildman–Crippen MR) is 148 cm³/mol. The average molecular weight is 589 g/mol. The fourth-order valence-corrected chi connectivity index (χ4v) is 7.25. The highest BCUT2D eigenvalue weighted by atomic mass is 32.2. The number of hydrogen-bond donors (Lipinski definition) is 2. The molecule has 10 nitrogen and oxygen atoms in total. The number of nitrogens with zero attached hydrogens (tertiary/aromatic N) is 2. The molecule has 2 aliphatic heterocycles. The van der Waals surface area contributed by atoms with Gasteiger partial charge in [0.25, 0.3) is 10.0 Å². The number of rotatable bonds is 8. The number of carbonyl (C=O) groups excluding carboxylic acids is 1. The van der Waals surface area contributed by atoms with Crippen LogP contribution >= 0.6 is 0 Å². The number of halogens is 1. The molecule has 2 aromatic carbocycles. The molecule has 2 fully saturated rings. The summed E-state index contributed by atoms with van der Waals surface area (Å²) in [5.74, 6) is -1.63. The Morgan fingerprint density at radius 3 is 2.68 bits per heavy atom. The van der Waals surface area contributed by atoms with E-state index < -0.39 is 49.7 Å². The third-order valence-electron chi connectivity index (χ3n) is 8.13. The van der Waals surface area contributed by atoms with Crippen LogP contribution in [0.5, 0.6) is 5.75 Å². The van der Waals surface area contributed by atoms with Crippen molar-refractivity contribution in [2.24, 2.45) is 11.8 Å². The van der Waals surface area contributed by atoms with E-state index in [-0.39, 0.29) is 33.4 Å². The molecule has 220 valence electrons. The van der Waals surface area contributed by atoms with Crippen LogP contribution in [0.4, 0.5) is 14.9 Å². The summed E-state index contributed by atoms with van der Waals surface area (Å²) in [6.45, 7) is 5.65. The van der Waals surface area contributed by atoms with Crippen molar-refractivity contribution < 1.29 is 42.1 Å². The fraction of sp³-hybridized carbons (Fsp3) is 0.448. The van der Waals surface area contributed by atoms with Crippen LogP contribution in [0.3, 0.4) is 0 Å². The minimum Gasteiger partial charge on any atom is -0.492 e. The number of benzene rings is 2. The first-order valence-electron chi connectivity index (χ1n) is 13.4. The first-order valence-corrected chi connectivity index (χ1v) is 14.8. The van der Waals surface area contributed by atoms with Crippen LogP contribution in [0.25, 0.3) is 6.08 Å². The number of methoxy groups -OCH3 is 1. The molecule has 1 saturated carbocycles. The van der Waals surface area contributed by atoms with Gasteiger partial charge in [-0.2, -0.15) is 4.31 Å². The quantitative estimate of drug-likeness (QED) is 0.468. The SMILES string of the molecule is COC(=O)N(c1ccc2c(c1C(=O)O)OC[C@@H]1C[C@H]21)S(=O)(=O)c1ccc(F)cc1/C=C\CN1CC[C@@H](C(C)(C)O)C1. The summed E-state index contributed by atoms with van der Waals surface area (Å²) < 4.78 is 53.2. The second-order valence-corrected chi connectivity index (χ2v) is 13.1. The van der Waals surface area contributed by atoms with Crippen molar-refractivity contribution >= 4 is 33.8 Å². The van der Waals surface area contributed by atoms with Crippen molar-refractivity contribution in [3.8, 4) is 5.75 Å². The lowest BCUT2D eigenvalue weighted by Crippen LogP contribution is -2.38. The van der Waals surface area contributed by atoms with Crippen LogP contribution in [0.1, 0.15) is 54.1 Å². The van der Waals surface area contributed by atoms with Gasteiger partial charge in [-0.1, -0.05) is 18.2 Å². The molecule has 0 radical (unpaired) electrons. The molecular formula is C29H33FN2O8S. The zero-order chi connectivity index (χ0) is 29.7. The Balaban J connectivity index is 1.52. The summed E-state index contributed by atoms with van der Waals surface area (Å²) in [7, 11) is -3.82. The normalized spacial score (nSPS) is 22.1.